The number of Topliss-reactive ketones (excluding diaryl/α,β-unsaturated/α-hetero) is 1. The fourth-order valence-electron chi connectivity index (χ4n) is 1.19. The number of hydrogen-bond donors (Lipinski definition) is 0. The molecule has 0 amide bonds. The van der Waals surface area contributed by atoms with Gasteiger partial charge in [0.15, 0.2) is 0 Å². The molecule has 1 aromatic heterocycles. The molecule has 0 aliphatic rings. The first kappa shape index (κ1) is 11.3. The summed E-state index contributed by atoms with van der Waals surface area (Å²) in [5.41, 5.74) is -0.310. The highest BCUT2D eigenvalue weighted by molar-refractivity contribution is 6.01. The number of hydrogen-bond acceptors (Lipinski definition) is 2. The summed E-state index contributed by atoms with van der Waals surface area (Å²) >= 11 is 0. The van der Waals surface area contributed by atoms with E-state index in [0.717, 1.165) is 6.07 Å². The minimum Gasteiger partial charge on any atom is -0.339 e. The average Bonchev–Trinajstić information content (AvgIpc) is 2.41. The smallest absolute Gasteiger partial charge is 0.339 e. The lowest BCUT2D eigenvalue weighted by Crippen LogP contribution is -2.23. The zero-order valence-electron chi connectivity index (χ0n) is 8.01. The number of alkyl halides is 3. The fourth-order valence-corrected chi connectivity index (χ4v) is 1.19. The van der Waals surface area contributed by atoms with Crippen LogP contribution in [0.15, 0.2) is 6.07 Å². The summed E-state index contributed by atoms with van der Waals surface area (Å²) in [6.07, 6.45) is -4.90. The van der Waals surface area contributed by atoms with Gasteiger partial charge in [-0.1, -0.05) is 0 Å². The zero-order valence-corrected chi connectivity index (χ0v) is 8.01. The number of nitrogens with zero attached hydrogens (tertiary/aromatic N) is 2. The Hall–Kier alpha value is -1.77. The standard InChI is InChI=1S/C9H7F3N2O/c1-5-7(8(15)9(10,11)12)3-6(4-13)14(5)2/h3H,1-2H3. The Bertz CT molecular complexity index is 451. The number of nitriles is 1. The first-order chi connectivity index (χ1) is 6.79. The Morgan fingerprint density at radius 1 is 1.53 bits per heavy atom. The average molecular weight is 216 g/mol. The molecule has 1 aromatic rings. The van der Waals surface area contributed by atoms with Gasteiger partial charge in [0.2, 0.25) is 0 Å². The molecule has 0 bridgehead atoms. The van der Waals surface area contributed by atoms with Crippen LogP contribution in [0.5, 0.6) is 0 Å². The second-order valence-electron chi connectivity index (χ2n) is 3.03. The van der Waals surface area contributed by atoms with E-state index in [0.29, 0.717) is 0 Å². The Morgan fingerprint density at radius 3 is 2.40 bits per heavy atom. The molecule has 3 nitrogen and oxygen atoms in total. The van der Waals surface area contributed by atoms with Crippen molar-refractivity contribution in [1.82, 2.24) is 4.57 Å². The summed E-state index contributed by atoms with van der Waals surface area (Å²) in [6.45, 7) is 1.36. The second kappa shape index (κ2) is 3.42. The lowest BCUT2D eigenvalue weighted by Gasteiger charge is -2.04. The van der Waals surface area contributed by atoms with Crippen LogP contribution in [-0.2, 0) is 7.05 Å². The summed E-state index contributed by atoms with van der Waals surface area (Å²) in [4.78, 5) is 10.9. The fraction of sp³-hybridized carbons (Fsp3) is 0.333. The van der Waals surface area contributed by atoms with Crippen molar-refractivity contribution >= 4 is 5.78 Å². The van der Waals surface area contributed by atoms with Gasteiger partial charge in [0.25, 0.3) is 5.78 Å². The van der Waals surface area contributed by atoms with Crippen molar-refractivity contribution in [2.24, 2.45) is 7.05 Å². The lowest BCUT2D eigenvalue weighted by atomic mass is 10.1. The van der Waals surface area contributed by atoms with Crippen LogP contribution in [0.1, 0.15) is 21.7 Å². The molecule has 0 spiro atoms. The molecule has 0 saturated heterocycles. The van der Waals surface area contributed by atoms with Crippen molar-refractivity contribution in [2.45, 2.75) is 13.1 Å². The molecular formula is C9H7F3N2O. The SMILES string of the molecule is Cc1c(C(=O)C(F)(F)F)cc(C#N)n1C. The third-order valence-corrected chi connectivity index (χ3v) is 2.15. The van der Waals surface area contributed by atoms with Gasteiger partial charge in [0.1, 0.15) is 11.8 Å². The maximum Gasteiger partial charge on any atom is 0.454 e. The largest absolute Gasteiger partial charge is 0.454 e. The van der Waals surface area contributed by atoms with E-state index >= 15 is 0 Å². The normalized spacial score (nSPS) is 11.2. The highest BCUT2D eigenvalue weighted by Crippen LogP contribution is 2.24. The summed E-state index contributed by atoms with van der Waals surface area (Å²) in [6, 6.07) is 2.66. The molecule has 1 heterocycles. The van der Waals surface area contributed by atoms with Crippen molar-refractivity contribution in [2.75, 3.05) is 0 Å². The maximum atomic E-state index is 12.1. The number of halogens is 3. The minimum absolute atomic E-state index is 0.0279. The van der Waals surface area contributed by atoms with Crippen molar-refractivity contribution in [3.05, 3.63) is 23.0 Å². The van der Waals surface area contributed by atoms with Crippen LogP contribution < -0.4 is 0 Å². The van der Waals surface area contributed by atoms with Crippen LogP contribution in [0.25, 0.3) is 0 Å². The summed E-state index contributed by atoms with van der Waals surface area (Å²) in [7, 11) is 1.43. The minimum atomic E-state index is -4.90. The highest BCUT2D eigenvalue weighted by Gasteiger charge is 2.40. The van der Waals surface area contributed by atoms with Gasteiger partial charge in [0, 0.05) is 18.3 Å². The number of ketones is 1. The summed E-state index contributed by atoms with van der Waals surface area (Å²) in [5.74, 6) is -1.92. The van der Waals surface area contributed by atoms with Crippen LogP contribution >= 0.6 is 0 Å². The predicted octanol–water partition coefficient (Wildman–Crippen LogP) is 1.95. The van der Waals surface area contributed by atoms with E-state index in [1.54, 1.807) is 6.07 Å². The Morgan fingerprint density at radius 2 is 2.07 bits per heavy atom. The van der Waals surface area contributed by atoms with Crippen molar-refractivity contribution in [1.29, 1.82) is 5.26 Å². The third-order valence-electron chi connectivity index (χ3n) is 2.15. The van der Waals surface area contributed by atoms with Crippen molar-refractivity contribution < 1.29 is 18.0 Å². The number of carbonyl (C=O) groups is 1. The molecule has 0 unspecified atom stereocenters. The molecule has 1 rings (SSSR count). The number of carbonyl (C=O) groups excluding carboxylic acids is 1. The molecule has 0 aliphatic heterocycles. The van der Waals surface area contributed by atoms with Gasteiger partial charge < -0.3 is 4.57 Å². The second-order valence-corrected chi connectivity index (χ2v) is 3.03. The van der Waals surface area contributed by atoms with Crippen LogP contribution in [0.2, 0.25) is 0 Å². The van der Waals surface area contributed by atoms with Gasteiger partial charge in [-0.15, -0.1) is 0 Å². The first-order valence-electron chi connectivity index (χ1n) is 3.97. The monoisotopic (exact) mass is 216 g/mol. The lowest BCUT2D eigenvalue weighted by molar-refractivity contribution is -0.0885. The van der Waals surface area contributed by atoms with Gasteiger partial charge in [-0.05, 0) is 13.0 Å². The molecule has 0 aliphatic carbocycles. The Balaban J connectivity index is 3.30. The molecule has 0 saturated carbocycles. The number of aromatic nitrogens is 1. The summed E-state index contributed by atoms with van der Waals surface area (Å²) in [5, 5.41) is 8.58. The van der Waals surface area contributed by atoms with Gasteiger partial charge in [0.05, 0.1) is 0 Å². The molecular weight excluding hydrogens is 209 g/mol. The predicted molar refractivity (Wildman–Crippen MR) is 45.3 cm³/mol. The third kappa shape index (κ3) is 1.86. The van der Waals surface area contributed by atoms with Crippen molar-refractivity contribution in [3.8, 4) is 6.07 Å². The first-order valence-corrected chi connectivity index (χ1v) is 3.97. The van der Waals surface area contributed by atoms with E-state index < -0.39 is 17.5 Å². The molecule has 0 aromatic carbocycles. The van der Waals surface area contributed by atoms with Crippen LogP contribution in [0.3, 0.4) is 0 Å². The zero-order chi connectivity index (χ0) is 11.8. The van der Waals surface area contributed by atoms with E-state index in [1.807, 2.05) is 0 Å². The van der Waals surface area contributed by atoms with Gasteiger partial charge in [-0.3, -0.25) is 4.79 Å². The molecule has 80 valence electrons. The molecule has 0 N–H and O–H groups in total. The Kier molecular flexibility index (Phi) is 2.58. The molecule has 0 atom stereocenters. The van der Waals surface area contributed by atoms with E-state index in [-0.39, 0.29) is 11.4 Å². The molecule has 0 fully saturated rings. The highest BCUT2D eigenvalue weighted by atomic mass is 19.4. The Labute approximate surface area is 83.7 Å². The molecule has 6 heteroatoms. The van der Waals surface area contributed by atoms with Crippen LogP contribution in [-0.4, -0.2) is 16.5 Å². The van der Waals surface area contributed by atoms with Crippen molar-refractivity contribution in [3.63, 3.8) is 0 Å². The van der Waals surface area contributed by atoms with Gasteiger partial charge in [-0.25, -0.2) is 0 Å². The quantitative estimate of drug-likeness (QED) is 0.673. The molecule has 15 heavy (non-hydrogen) atoms. The summed E-state index contributed by atoms with van der Waals surface area (Å²) < 4.78 is 37.6. The number of rotatable bonds is 1. The van der Waals surface area contributed by atoms with E-state index in [9.17, 15) is 18.0 Å². The molecule has 0 radical (unpaired) electrons. The van der Waals surface area contributed by atoms with E-state index in [2.05, 4.69) is 0 Å². The van der Waals surface area contributed by atoms with E-state index in [4.69, 9.17) is 5.26 Å². The van der Waals surface area contributed by atoms with E-state index in [1.165, 1.54) is 18.5 Å². The topological polar surface area (TPSA) is 45.8 Å². The van der Waals surface area contributed by atoms with Gasteiger partial charge in [-0.2, -0.15) is 18.4 Å². The van der Waals surface area contributed by atoms with Gasteiger partial charge >= 0.3 is 6.18 Å². The van der Waals surface area contributed by atoms with Crippen LogP contribution in [0, 0.1) is 18.3 Å². The van der Waals surface area contributed by atoms with Crippen LogP contribution in [0.4, 0.5) is 13.2 Å². The maximum absolute atomic E-state index is 12.1.